The van der Waals surface area contributed by atoms with Crippen molar-refractivity contribution in [2.75, 3.05) is 0 Å². The molecule has 0 aliphatic carbocycles. The van der Waals surface area contributed by atoms with E-state index in [1.807, 2.05) is 13.0 Å². The molecule has 0 fully saturated rings. The molecule has 3 nitrogen and oxygen atoms in total. The summed E-state index contributed by atoms with van der Waals surface area (Å²) in [6, 6.07) is 6.91. The molecule has 3 heteroatoms. The van der Waals surface area contributed by atoms with Gasteiger partial charge in [0.15, 0.2) is 0 Å². The van der Waals surface area contributed by atoms with Crippen LogP contribution in [0.2, 0.25) is 0 Å². The van der Waals surface area contributed by atoms with Crippen LogP contribution in [0.5, 0.6) is 11.5 Å². The van der Waals surface area contributed by atoms with Gasteiger partial charge in [-0.05, 0) is 41.5 Å². The van der Waals surface area contributed by atoms with E-state index in [4.69, 9.17) is 0 Å². The third-order valence-corrected chi connectivity index (χ3v) is 4.14. The maximum Gasteiger partial charge on any atom is 0.137 e. The molecule has 0 heterocycles. The first-order valence-corrected chi connectivity index (χ1v) is 8.05. The topological polar surface area (TPSA) is 57.5 Å². The standard InChI is InChI=1S/C19H24O3/c1-3-5-6-8-13-11-18(22)19-15(9-7-10-17(19)21)16(13)12-14(20)4-2/h7,9-11,21-22H,3-6,8,12H2,1-2H3. The van der Waals surface area contributed by atoms with Gasteiger partial charge >= 0.3 is 0 Å². The summed E-state index contributed by atoms with van der Waals surface area (Å²) in [5, 5.41) is 21.5. The maximum absolute atomic E-state index is 12.0. The molecule has 0 radical (unpaired) electrons. The Balaban J connectivity index is 2.56. The summed E-state index contributed by atoms with van der Waals surface area (Å²) in [4.78, 5) is 12.0. The third kappa shape index (κ3) is 3.41. The van der Waals surface area contributed by atoms with Crippen LogP contribution in [0.3, 0.4) is 0 Å². The zero-order valence-electron chi connectivity index (χ0n) is 13.4. The quantitative estimate of drug-likeness (QED) is 0.740. The van der Waals surface area contributed by atoms with Crippen molar-refractivity contribution in [2.45, 2.75) is 52.4 Å². The smallest absolute Gasteiger partial charge is 0.137 e. The van der Waals surface area contributed by atoms with Gasteiger partial charge in [-0.2, -0.15) is 0 Å². The molecule has 2 rings (SSSR count). The number of unbranched alkanes of at least 4 members (excludes halogenated alkanes) is 2. The number of Topliss-reactive ketones (excluding diaryl/α,β-unsaturated/α-hetero) is 1. The molecule has 2 aromatic carbocycles. The molecule has 22 heavy (non-hydrogen) atoms. The summed E-state index contributed by atoms with van der Waals surface area (Å²) in [7, 11) is 0. The van der Waals surface area contributed by atoms with Crippen molar-refractivity contribution < 1.29 is 15.0 Å². The van der Waals surface area contributed by atoms with E-state index in [9.17, 15) is 15.0 Å². The van der Waals surface area contributed by atoms with E-state index in [1.54, 1.807) is 18.2 Å². The fraction of sp³-hybridized carbons (Fsp3) is 0.421. The molecule has 0 spiro atoms. The Kier molecular flexibility index (Phi) is 5.42. The summed E-state index contributed by atoms with van der Waals surface area (Å²) in [6.45, 7) is 4.01. The Morgan fingerprint density at radius 1 is 1.09 bits per heavy atom. The molecule has 2 aromatic rings. The number of carbonyl (C=O) groups excluding carboxylic acids is 1. The molecule has 0 atom stereocenters. The predicted octanol–water partition coefficient (Wildman–Crippen LogP) is 4.51. The SMILES string of the molecule is CCCCCc1cc(O)c2c(O)cccc2c1CC(=O)CC. The Morgan fingerprint density at radius 3 is 2.55 bits per heavy atom. The van der Waals surface area contributed by atoms with Gasteiger partial charge in [0.2, 0.25) is 0 Å². The van der Waals surface area contributed by atoms with E-state index >= 15 is 0 Å². The lowest BCUT2D eigenvalue weighted by molar-refractivity contribution is -0.118. The highest BCUT2D eigenvalue weighted by atomic mass is 16.3. The second-order valence-corrected chi connectivity index (χ2v) is 5.76. The number of benzene rings is 2. The first-order valence-electron chi connectivity index (χ1n) is 8.05. The molecule has 0 unspecified atom stereocenters. The van der Waals surface area contributed by atoms with E-state index in [0.717, 1.165) is 42.2 Å². The lowest BCUT2D eigenvalue weighted by Gasteiger charge is -2.15. The third-order valence-electron chi connectivity index (χ3n) is 4.14. The lowest BCUT2D eigenvalue weighted by Crippen LogP contribution is -2.05. The molecule has 0 aliphatic rings. The van der Waals surface area contributed by atoms with Crippen molar-refractivity contribution in [1.82, 2.24) is 0 Å². The highest BCUT2D eigenvalue weighted by Gasteiger charge is 2.16. The Bertz CT molecular complexity index is 674. The van der Waals surface area contributed by atoms with E-state index < -0.39 is 0 Å². The average molecular weight is 300 g/mol. The zero-order valence-corrected chi connectivity index (χ0v) is 13.4. The second-order valence-electron chi connectivity index (χ2n) is 5.76. The van der Waals surface area contributed by atoms with Crippen LogP contribution in [0, 0.1) is 0 Å². The molecule has 118 valence electrons. The molecule has 0 bridgehead atoms. The van der Waals surface area contributed by atoms with Gasteiger partial charge in [-0.3, -0.25) is 4.79 Å². The molecule has 0 aromatic heterocycles. The normalized spacial score (nSPS) is 11.0. The minimum atomic E-state index is 0.0558. The van der Waals surface area contributed by atoms with Gasteiger partial charge in [-0.1, -0.05) is 38.8 Å². The van der Waals surface area contributed by atoms with Crippen molar-refractivity contribution in [3.8, 4) is 11.5 Å². The van der Waals surface area contributed by atoms with Crippen LogP contribution < -0.4 is 0 Å². The van der Waals surface area contributed by atoms with Gasteiger partial charge in [0, 0.05) is 12.8 Å². The fourth-order valence-electron chi connectivity index (χ4n) is 2.88. The van der Waals surface area contributed by atoms with Crippen molar-refractivity contribution in [3.63, 3.8) is 0 Å². The highest BCUT2D eigenvalue weighted by Crippen LogP contribution is 2.37. The fourth-order valence-corrected chi connectivity index (χ4v) is 2.88. The molecule has 0 amide bonds. The van der Waals surface area contributed by atoms with E-state index in [2.05, 4.69) is 6.92 Å². The number of carbonyl (C=O) groups is 1. The van der Waals surface area contributed by atoms with Gasteiger partial charge in [-0.25, -0.2) is 0 Å². The molecular weight excluding hydrogens is 276 g/mol. The Hall–Kier alpha value is -2.03. The van der Waals surface area contributed by atoms with Crippen LogP contribution in [0.15, 0.2) is 24.3 Å². The number of aromatic hydroxyl groups is 2. The first kappa shape index (κ1) is 16.3. The van der Waals surface area contributed by atoms with E-state index in [-0.39, 0.29) is 17.3 Å². The second kappa shape index (κ2) is 7.30. The monoisotopic (exact) mass is 300 g/mol. The lowest BCUT2D eigenvalue weighted by atomic mass is 9.91. The first-order chi connectivity index (χ1) is 10.6. The summed E-state index contributed by atoms with van der Waals surface area (Å²) in [5.41, 5.74) is 1.97. The van der Waals surface area contributed by atoms with E-state index in [1.165, 1.54) is 0 Å². The van der Waals surface area contributed by atoms with Crippen molar-refractivity contribution >= 4 is 16.6 Å². The minimum absolute atomic E-state index is 0.0558. The number of phenolic OH excluding ortho intramolecular Hbond substituents is 2. The van der Waals surface area contributed by atoms with Crippen LogP contribution >= 0.6 is 0 Å². The van der Waals surface area contributed by atoms with Gasteiger partial charge in [-0.15, -0.1) is 0 Å². The summed E-state index contributed by atoms with van der Waals surface area (Å²) in [6.07, 6.45) is 4.99. The summed E-state index contributed by atoms with van der Waals surface area (Å²) < 4.78 is 0. The van der Waals surface area contributed by atoms with Crippen LogP contribution in [-0.2, 0) is 17.6 Å². The average Bonchev–Trinajstić information content (AvgIpc) is 2.50. The van der Waals surface area contributed by atoms with Crippen LogP contribution in [0.25, 0.3) is 10.8 Å². The Labute approximate surface area is 131 Å². The Morgan fingerprint density at radius 2 is 1.86 bits per heavy atom. The minimum Gasteiger partial charge on any atom is -0.507 e. The van der Waals surface area contributed by atoms with E-state index in [0.29, 0.717) is 18.2 Å². The maximum atomic E-state index is 12.0. The predicted molar refractivity (Wildman–Crippen MR) is 89.5 cm³/mol. The van der Waals surface area contributed by atoms with Crippen molar-refractivity contribution in [3.05, 3.63) is 35.4 Å². The molecular formula is C19H24O3. The van der Waals surface area contributed by atoms with Gasteiger partial charge in [0.05, 0.1) is 5.39 Å². The zero-order chi connectivity index (χ0) is 16.1. The number of rotatable bonds is 7. The molecule has 0 saturated carbocycles. The summed E-state index contributed by atoms with van der Waals surface area (Å²) in [5.74, 6) is 0.319. The molecule has 0 saturated heterocycles. The number of phenols is 2. The number of ketones is 1. The molecule has 2 N–H and O–H groups in total. The van der Waals surface area contributed by atoms with Gasteiger partial charge in [0.25, 0.3) is 0 Å². The summed E-state index contributed by atoms with van der Waals surface area (Å²) >= 11 is 0. The number of hydrogen-bond donors (Lipinski definition) is 2. The number of hydrogen-bond acceptors (Lipinski definition) is 3. The van der Waals surface area contributed by atoms with Crippen LogP contribution in [0.4, 0.5) is 0 Å². The van der Waals surface area contributed by atoms with Crippen molar-refractivity contribution in [1.29, 1.82) is 0 Å². The largest absolute Gasteiger partial charge is 0.507 e. The number of aryl methyl sites for hydroxylation is 1. The van der Waals surface area contributed by atoms with Gasteiger partial charge < -0.3 is 10.2 Å². The molecule has 0 aliphatic heterocycles. The van der Waals surface area contributed by atoms with Crippen LogP contribution in [0.1, 0.15) is 50.7 Å². The number of fused-ring (bicyclic) bond motifs is 1. The highest BCUT2D eigenvalue weighted by molar-refractivity contribution is 5.98. The van der Waals surface area contributed by atoms with Crippen LogP contribution in [-0.4, -0.2) is 16.0 Å². The van der Waals surface area contributed by atoms with Crippen molar-refractivity contribution in [2.24, 2.45) is 0 Å². The van der Waals surface area contributed by atoms with Gasteiger partial charge in [0.1, 0.15) is 17.3 Å².